The normalized spacial score (nSPS) is 11.5. The summed E-state index contributed by atoms with van der Waals surface area (Å²) in [5.41, 5.74) is 1.68. The molecule has 9 nitrogen and oxygen atoms in total. The number of aliphatic carboxylic acids is 1. The summed E-state index contributed by atoms with van der Waals surface area (Å²) >= 11 is 0. The lowest BCUT2D eigenvalue weighted by molar-refractivity contribution is -0.152. The Morgan fingerprint density at radius 3 is 2.06 bits per heavy atom. The van der Waals surface area contributed by atoms with Gasteiger partial charge in [0.2, 0.25) is 10.0 Å². The van der Waals surface area contributed by atoms with Crippen LogP contribution in [0.4, 0.5) is 0 Å². The minimum absolute atomic E-state index is 0.00919. The summed E-state index contributed by atoms with van der Waals surface area (Å²) in [6.07, 6.45) is 0. The molecule has 0 saturated heterocycles. The van der Waals surface area contributed by atoms with Gasteiger partial charge in [0, 0.05) is 20.5 Å². The van der Waals surface area contributed by atoms with Crippen LogP contribution in [0.2, 0.25) is 0 Å². The third kappa shape index (κ3) is 9.67. The molecule has 0 amide bonds. The van der Waals surface area contributed by atoms with Crippen molar-refractivity contribution in [2.75, 3.05) is 33.9 Å². The lowest BCUT2D eigenvalue weighted by Crippen LogP contribution is -2.32. The van der Waals surface area contributed by atoms with Gasteiger partial charge in [-0.2, -0.15) is 4.31 Å². The van der Waals surface area contributed by atoms with Gasteiger partial charge in [-0.15, -0.1) is 0 Å². The number of aryl methyl sites for hydroxylation is 1. The van der Waals surface area contributed by atoms with E-state index in [9.17, 15) is 18.0 Å². The van der Waals surface area contributed by atoms with Gasteiger partial charge < -0.3 is 19.3 Å². The van der Waals surface area contributed by atoms with Crippen molar-refractivity contribution < 1.29 is 37.3 Å². The Hall–Kier alpha value is -2.17. The molecule has 0 fully saturated rings. The fourth-order valence-electron chi connectivity index (χ4n) is 2.69. The van der Waals surface area contributed by atoms with E-state index in [4.69, 9.17) is 19.3 Å². The second-order valence-electron chi connectivity index (χ2n) is 7.95. The number of hydrogen-bond acceptors (Lipinski definition) is 7. The lowest BCUT2D eigenvalue weighted by atomic mass is 10.1. The van der Waals surface area contributed by atoms with Crippen molar-refractivity contribution in [3.05, 3.63) is 22.8 Å². The Balaban J connectivity index is 0.000000954. The van der Waals surface area contributed by atoms with E-state index >= 15 is 0 Å². The number of likely N-dealkylation sites (N-methyl/N-ethyl adjacent to an activating group) is 1. The van der Waals surface area contributed by atoms with Crippen LogP contribution < -0.4 is 4.74 Å². The Morgan fingerprint density at radius 1 is 1.13 bits per heavy atom. The van der Waals surface area contributed by atoms with E-state index in [0.717, 1.165) is 9.87 Å². The first kappa shape index (κ1) is 28.8. The predicted octanol–water partition coefficient (Wildman–Crippen LogP) is 2.69. The summed E-state index contributed by atoms with van der Waals surface area (Å²) in [6, 6.07) is 1.70. The van der Waals surface area contributed by atoms with Crippen LogP contribution in [-0.4, -0.2) is 69.3 Å². The van der Waals surface area contributed by atoms with Gasteiger partial charge in [0.25, 0.3) is 0 Å². The fraction of sp³-hybridized carbons (Fsp3) is 0.619. The molecule has 0 radical (unpaired) electrons. The van der Waals surface area contributed by atoms with Crippen LogP contribution in [0.25, 0.3) is 0 Å². The maximum absolute atomic E-state index is 12.8. The van der Waals surface area contributed by atoms with Gasteiger partial charge >= 0.3 is 11.9 Å². The molecule has 1 N–H and O–H groups in total. The first-order valence-electron chi connectivity index (χ1n) is 9.64. The fourth-order valence-corrected chi connectivity index (χ4v) is 4.32. The zero-order valence-electron chi connectivity index (χ0n) is 19.9. The summed E-state index contributed by atoms with van der Waals surface area (Å²) in [5.74, 6) is -0.670. The highest BCUT2D eigenvalue weighted by atomic mass is 32.2. The van der Waals surface area contributed by atoms with Gasteiger partial charge in [-0.05, 0) is 64.3 Å². The average Bonchev–Trinajstić information content (AvgIpc) is 2.59. The predicted molar refractivity (Wildman–Crippen MR) is 117 cm³/mol. The number of rotatable bonds is 8. The number of carboxylic acid groups (broad SMARTS) is 1. The molecular weight excluding hydrogens is 426 g/mol. The highest BCUT2D eigenvalue weighted by Gasteiger charge is 2.26. The molecule has 0 heterocycles. The number of hydrogen-bond donors (Lipinski definition) is 1. The molecule has 31 heavy (non-hydrogen) atoms. The molecule has 0 aromatic heterocycles. The van der Waals surface area contributed by atoms with E-state index in [-0.39, 0.29) is 29.6 Å². The van der Waals surface area contributed by atoms with Crippen LogP contribution in [0.1, 0.15) is 44.4 Å². The lowest BCUT2D eigenvalue weighted by Gasteiger charge is -2.22. The summed E-state index contributed by atoms with van der Waals surface area (Å²) in [6.45, 7) is 11.8. The number of carbonyl (C=O) groups excluding carboxylic acids is 1. The van der Waals surface area contributed by atoms with Gasteiger partial charge in [-0.3, -0.25) is 4.79 Å². The molecule has 0 atom stereocenters. The van der Waals surface area contributed by atoms with Crippen molar-refractivity contribution in [2.45, 2.75) is 59.0 Å². The summed E-state index contributed by atoms with van der Waals surface area (Å²) in [4.78, 5) is 20.9. The van der Waals surface area contributed by atoms with Gasteiger partial charge in [-0.1, -0.05) is 0 Å². The van der Waals surface area contributed by atoms with E-state index in [0.29, 0.717) is 16.9 Å². The van der Waals surface area contributed by atoms with E-state index in [1.807, 2.05) is 27.7 Å². The molecule has 10 heteroatoms. The number of carbonyl (C=O) groups is 2. The molecule has 0 aliphatic rings. The monoisotopic (exact) mass is 461 g/mol. The number of nitrogens with zero attached hydrogens (tertiary/aromatic N) is 1. The van der Waals surface area contributed by atoms with E-state index in [2.05, 4.69) is 0 Å². The quantitative estimate of drug-likeness (QED) is 0.463. The molecule has 0 saturated carbocycles. The standard InChI is InChI=1S/C15H23NO6S.C6H12O2/c1-10-8-13(21-5)11(2)12(3)15(10)23(19,20)16(4)6-7-22-9-14(17)18;1-5(7)8-6(2,3)4/h8H,6-7,9H2,1-5H3,(H,17,18);1-4H3. The van der Waals surface area contributed by atoms with Crippen LogP contribution in [0.3, 0.4) is 0 Å². The Kier molecular flexibility index (Phi) is 11.2. The molecule has 1 rings (SSSR count). The van der Waals surface area contributed by atoms with E-state index < -0.39 is 22.6 Å². The van der Waals surface area contributed by atoms with Gasteiger partial charge in [0.1, 0.15) is 18.0 Å². The molecular formula is C21H35NO8S. The number of esters is 1. The van der Waals surface area contributed by atoms with Crippen molar-refractivity contribution in [3.63, 3.8) is 0 Å². The van der Waals surface area contributed by atoms with Gasteiger partial charge in [0.15, 0.2) is 0 Å². The molecule has 0 aliphatic heterocycles. The van der Waals surface area contributed by atoms with Gasteiger partial charge in [0.05, 0.1) is 18.6 Å². The second-order valence-corrected chi connectivity index (χ2v) is 9.94. The van der Waals surface area contributed by atoms with Crippen molar-refractivity contribution in [2.24, 2.45) is 0 Å². The van der Waals surface area contributed by atoms with Gasteiger partial charge in [-0.25, -0.2) is 13.2 Å². The number of benzene rings is 1. The molecule has 1 aromatic rings. The van der Waals surface area contributed by atoms with E-state index in [1.54, 1.807) is 27.0 Å². The van der Waals surface area contributed by atoms with Crippen LogP contribution in [0.15, 0.2) is 11.0 Å². The van der Waals surface area contributed by atoms with Crippen molar-refractivity contribution in [3.8, 4) is 5.75 Å². The third-order valence-electron chi connectivity index (χ3n) is 4.09. The second kappa shape index (κ2) is 12.0. The highest BCUT2D eigenvalue weighted by molar-refractivity contribution is 7.89. The summed E-state index contributed by atoms with van der Waals surface area (Å²) in [5, 5.41) is 8.50. The van der Waals surface area contributed by atoms with Crippen LogP contribution in [0.5, 0.6) is 5.75 Å². The van der Waals surface area contributed by atoms with Crippen LogP contribution in [-0.2, 0) is 29.1 Å². The zero-order valence-corrected chi connectivity index (χ0v) is 20.7. The third-order valence-corrected chi connectivity index (χ3v) is 6.24. The minimum atomic E-state index is -3.70. The summed E-state index contributed by atoms with van der Waals surface area (Å²) in [7, 11) is -0.713. The van der Waals surface area contributed by atoms with Crippen LogP contribution in [0, 0.1) is 20.8 Å². The number of carboxylic acids is 1. The van der Waals surface area contributed by atoms with E-state index in [1.165, 1.54) is 14.0 Å². The minimum Gasteiger partial charge on any atom is -0.496 e. The molecule has 178 valence electrons. The Labute approximate surface area is 185 Å². The first-order valence-corrected chi connectivity index (χ1v) is 11.1. The molecule has 0 spiro atoms. The van der Waals surface area contributed by atoms with Crippen molar-refractivity contribution >= 4 is 22.0 Å². The Morgan fingerprint density at radius 2 is 1.68 bits per heavy atom. The molecule has 1 aromatic carbocycles. The smallest absolute Gasteiger partial charge is 0.329 e. The topological polar surface area (TPSA) is 119 Å². The average molecular weight is 462 g/mol. The number of ether oxygens (including phenoxy) is 3. The first-order chi connectivity index (χ1) is 14.0. The maximum atomic E-state index is 12.8. The maximum Gasteiger partial charge on any atom is 0.329 e. The summed E-state index contributed by atoms with van der Waals surface area (Å²) < 4.78 is 41.6. The van der Waals surface area contributed by atoms with Crippen molar-refractivity contribution in [1.82, 2.24) is 4.31 Å². The number of methoxy groups -OCH3 is 1. The molecule has 0 bridgehead atoms. The largest absolute Gasteiger partial charge is 0.496 e. The number of sulfonamides is 1. The Bertz CT molecular complexity index is 872. The van der Waals surface area contributed by atoms with Crippen LogP contribution >= 0.6 is 0 Å². The SMILES string of the molecule is CC(=O)OC(C)(C)C.COc1cc(C)c(S(=O)(=O)N(C)CCOCC(=O)O)c(C)c1C. The highest BCUT2D eigenvalue weighted by Crippen LogP contribution is 2.31. The molecule has 0 unspecified atom stereocenters. The molecule has 0 aliphatic carbocycles. The zero-order chi connectivity index (χ0) is 24.6. The van der Waals surface area contributed by atoms with Crippen molar-refractivity contribution in [1.29, 1.82) is 0 Å².